The summed E-state index contributed by atoms with van der Waals surface area (Å²) >= 11 is 0. The molecular weight excluding hydrogens is 375 g/mol. The molecule has 1 N–H and O–H groups in total. The lowest BCUT2D eigenvalue weighted by atomic mass is 10.0. The van der Waals surface area contributed by atoms with E-state index in [9.17, 15) is 22.8 Å². The molecule has 0 radical (unpaired) electrons. The topological polar surface area (TPSA) is 64.1 Å². The van der Waals surface area contributed by atoms with Crippen LogP contribution in [0, 0.1) is 0 Å². The highest BCUT2D eigenvalue weighted by atomic mass is 19.4. The van der Waals surface area contributed by atoms with Gasteiger partial charge in [-0.15, -0.1) is 0 Å². The fourth-order valence-corrected chi connectivity index (χ4v) is 4.07. The number of carboxylic acids is 1. The second-order valence-electron chi connectivity index (χ2n) is 7.41. The zero-order valence-electron chi connectivity index (χ0n) is 15.7. The molecule has 0 aliphatic carbocycles. The number of hydrogen-bond donors (Lipinski definition) is 1. The minimum Gasteiger partial charge on any atom is -0.480 e. The van der Waals surface area contributed by atoms with Crippen molar-refractivity contribution in [3.8, 4) is 0 Å². The molecule has 1 aromatic rings. The van der Waals surface area contributed by atoms with Gasteiger partial charge in [-0.05, 0) is 50.6 Å². The predicted molar refractivity (Wildman–Crippen MR) is 97.1 cm³/mol. The van der Waals surface area contributed by atoms with Crippen LogP contribution >= 0.6 is 0 Å². The number of anilines is 1. The summed E-state index contributed by atoms with van der Waals surface area (Å²) in [4.78, 5) is 29.2. The van der Waals surface area contributed by atoms with E-state index in [-0.39, 0.29) is 24.5 Å². The van der Waals surface area contributed by atoms with Crippen molar-refractivity contribution in [1.82, 2.24) is 9.80 Å². The number of aliphatic carboxylic acids is 1. The van der Waals surface area contributed by atoms with Crippen LogP contribution in [0.15, 0.2) is 24.3 Å². The molecule has 9 heteroatoms. The molecule has 0 saturated carbocycles. The van der Waals surface area contributed by atoms with Crippen LogP contribution in [0.1, 0.15) is 24.8 Å². The Bertz CT molecular complexity index is 715. The van der Waals surface area contributed by atoms with Gasteiger partial charge >= 0.3 is 12.1 Å². The zero-order chi connectivity index (χ0) is 20.5. The number of likely N-dealkylation sites (N-methyl/N-ethyl adjacent to an activating group) is 1. The fourth-order valence-electron chi connectivity index (χ4n) is 4.07. The highest BCUT2D eigenvalue weighted by Crippen LogP contribution is 2.32. The van der Waals surface area contributed by atoms with Gasteiger partial charge in [0.25, 0.3) is 0 Å². The van der Waals surface area contributed by atoms with E-state index in [0.29, 0.717) is 31.7 Å². The van der Waals surface area contributed by atoms with Gasteiger partial charge < -0.3 is 10.0 Å². The number of nitrogens with zero attached hydrogens (tertiary/aromatic N) is 3. The smallest absolute Gasteiger partial charge is 0.416 e. The second-order valence-corrected chi connectivity index (χ2v) is 7.41. The lowest BCUT2D eigenvalue weighted by Gasteiger charge is -2.38. The average Bonchev–Trinajstić information content (AvgIpc) is 3.02. The summed E-state index contributed by atoms with van der Waals surface area (Å²) in [6.07, 6.45) is -2.19. The van der Waals surface area contributed by atoms with Gasteiger partial charge in [0.1, 0.15) is 0 Å². The number of hydrogen-bond acceptors (Lipinski definition) is 4. The monoisotopic (exact) mass is 399 g/mol. The summed E-state index contributed by atoms with van der Waals surface area (Å²) in [6.45, 7) is 1.88. The number of carbonyl (C=O) groups excluding carboxylic acids is 1. The van der Waals surface area contributed by atoms with E-state index in [4.69, 9.17) is 5.11 Å². The van der Waals surface area contributed by atoms with E-state index in [1.165, 1.54) is 12.1 Å². The third kappa shape index (κ3) is 4.47. The maximum Gasteiger partial charge on any atom is 0.416 e. The SMILES string of the molecule is CN(CC(=O)O)C1CCN(C2CCN(c3ccc(C(F)(F)F)cc3)C2=O)CC1. The maximum absolute atomic E-state index is 12.8. The Morgan fingerprint density at radius 1 is 1.14 bits per heavy atom. The van der Waals surface area contributed by atoms with Gasteiger partial charge in [-0.25, -0.2) is 0 Å². The van der Waals surface area contributed by atoms with E-state index in [1.54, 1.807) is 11.9 Å². The van der Waals surface area contributed by atoms with E-state index < -0.39 is 17.7 Å². The lowest BCUT2D eigenvalue weighted by Crippen LogP contribution is -2.50. The molecule has 0 spiro atoms. The summed E-state index contributed by atoms with van der Waals surface area (Å²) in [5, 5.41) is 8.91. The van der Waals surface area contributed by atoms with Crippen molar-refractivity contribution < 1.29 is 27.9 Å². The number of alkyl halides is 3. The molecule has 1 aromatic carbocycles. The number of likely N-dealkylation sites (tertiary alicyclic amines) is 1. The minimum atomic E-state index is -4.39. The molecule has 1 amide bonds. The summed E-state index contributed by atoms with van der Waals surface area (Å²) in [5.41, 5.74) is -0.247. The molecule has 28 heavy (non-hydrogen) atoms. The van der Waals surface area contributed by atoms with Crippen molar-refractivity contribution in [2.24, 2.45) is 0 Å². The molecule has 0 aromatic heterocycles. The van der Waals surface area contributed by atoms with Crippen molar-refractivity contribution in [2.45, 2.75) is 37.5 Å². The van der Waals surface area contributed by atoms with E-state index in [1.807, 2.05) is 4.90 Å². The minimum absolute atomic E-state index is 0.00523. The maximum atomic E-state index is 12.8. The van der Waals surface area contributed by atoms with Crippen molar-refractivity contribution in [1.29, 1.82) is 0 Å². The van der Waals surface area contributed by atoms with Crippen LogP contribution in [0.3, 0.4) is 0 Å². The van der Waals surface area contributed by atoms with Gasteiger partial charge in [-0.3, -0.25) is 19.4 Å². The normalized spacial score (nSPS) is 22.2. The Labute approximate surface area is 161 Å². The van der Waals surface area contributed by atoms with Gasteiger partial charge in [-0.1, -0.05) is 0 Å². The van der Waals surface area contributed by atoms with Crippen molar-refractivity contribution in [3.63, 3.8) is 0 Å². The average molecular weight is 399 g/mol. The Kier molecular flexibility index (Phi) is 5.95. The third-order valence-electron chi connectivity index (χ3n) is 5.63. The van der Waals surface area contributed by atoms with E-state index >= 15 is 0 Å². The number of benzene rings is 1. The molecule has 2 saturated heterocycles. The van der Waals surface area contributed by atoms with Crippen LogP contribution < -0.4 is 4.90 Å². The number of carboxylic acid groups (broad SMARTS) is 1. The molecule has 1 atom stereocenters. The number of piperidine rings is 1. The first kappa shape index (κ1) is 20.6. The van der Waals surface area contributed by atoms with Gasteiger partial charge in [-0.2, -0.15) is 13.2 Å². The Morgan fingerprint density at radius 3 is 2.29 bits per heavy atom. The van der Waals surface area contributed by atoms with Crippen molar-refractivity contribution >= 4 is 17.6 Å². The number of halogens is 3. The first-order valence-corrected chi connectivity index (χ1v) is 9.31. The first-order valence-electron chi connectivity index (χ1n) is 9.31. The summed E-state index contributed by atoms with van der Waals surface area (Å²) in [5.74, 6) is -0.944. The van der Waals surface area contributed by atoms with E-state index in [0.717, 1.165) is 25.0 Å². The van der Waals surface area contributed by atoms with Crippen LogP contribution in [-0.4, -0.2) is 72.1 Å². The molecule has 2 fully saturated rings. The van der Waals surface area contributed by atoms with Crippen LogP contribution in [0.4, 0.5) is 18.9 Å². The van der Waals surface area contributed by atoms with Crippen molar-refractivity contribution in [2.75, 3.05) is 38.1 Å². The molecule has 3 rings (SSSR count). The summed E-state index contributed by atoms with van der Waals surface area (Å²) in [7, 11) is 1.79. The molecule has 6 nitrogen and oxygen atoms in total. The van der Waals surface area contributed by atoms with Crippen molar-refractivity contribution in [3.05, 3.63) is 29.8 Å². The molecular formula is C19H24F3N3O3. The Morgan fingerprint density at radius 2 is 1.75 bits per heavy atom. The molecule has 1 unspecified atom stereocenters. The second kappa shape index (κ2) is 8.08. The molecule has 2 aliphatic heterocycles. The van der Waals surface area contributed by atoms with Crippen LogP contribution in [0.2, 0.25) is 0 Å². The van der Waals surface area contributed by atoms with Crippen LogP contribution in [0.25, 0.3) is 0 Å². The Balaban J connectivity index is 1.58. The molecule has 2 aliphatic rings. The summed E-state index contributed by atoms with van der Waals surface area (Å²) in [6, 6.07) is 4.59. The van der Waals surface area contributed by atoms with Gasteiger partial charge in [0.15, 0.2) is 0 Å². The summed E-state index contributed by atoms with van der Waals surface area (Å²) < 4.78 is 38.1. The lowest BCUT2D eigenvalue weighted by molar-refractivity contribution is -0.139. The quantitative estimate of drug-likeness (QED) is 0.823. The Hall–Kier alpha value is -2.13. The first-order chi connectivity index (χ1) is 13.2. The highest BCUT2D eigenvalue weighted by Gasteiger charge is 2.39. The van der Waals surface area contributed by atoms with Crippen LogP contribution in [-0.2, 0) is 15.8 Å². The van der Waals surface area contributed by atoms with Crippen LogP contribution in [0.5, 0.6) is 0 Å². The number of carbonyl (C=O) groups is 2. The molecule has 154 valence electrons. The molecule has 2 heterocycles. The molecule has 0 bridgehead atoms. The largest absolute Gasteiger partial charge is 0.480 e. The standard InChI is InChI=1S/C19H24F3N3O3/c1-23(12-17(26)27)14-6-9-24(10-7-14)16-8-11-25(18(16)28)15-4-2-13(3-5-15)19(20,21)22/h2-5,14,16H,6-12H2,1H3,(H,26,27). The number of amides is 1. The van der Waals surface area contributed by atoms with Gasteiger partial charge in [0.05, 0.1) is 18.2 Å². The van der Waals surface area contributed by atoms with E-state index in [2.05, 4.69) is 4.90 Å². The number of rotatable bonds is 5. The highest BCUT2D eigenvalue weighted by molar-refractivity contribution is 5.99. The third-order valence-corrected chi connectivity index (χ3v) is 5.63. The van der Waals surface area contributed by atoms with Gasteiger partial charge in [0, 0.05) is 31.4 Å². The fraction of sp³-hybridized carbons (Fsp3) is 0.579. The zero-order valence-corrected chi connectivity index (χ0v) is 15.7. The van der Waals surface area contributed by atoms with Gasteiger partial charge in [0.2, 0.25) is 5.91 Å². The predicted octanol–water partition coefficient (Wildman–Crippen LogP) is 2.29.